The normalized spacial score (nSPS) is 16.2. The number of halogens is 1. The summed E-state index contributed by atoms with van der Waals surface area (Å²) in [6, 6.07) is 14.5. The van der Waals surface area contributed by atoms with Crippen LogP contribution in [0.3, 0.4) is 0 Å². The van der Waals surface area contributed by atoms with Crippen molar-refractivity contribution in [3.8, 4) is 0 Å². The summed E-state index contributed by atoms with van der Waals surface area (Å²) >= 11 is 5.84. The lowest BCUT2D eigenvalue weighted by Crippen LogP contribution is -2.35. The zero-order chi connectivity index (χ0) is 18.4. The van der Waals surface area contributed by atoms with Crippen LogP contribution in [0.1, 0.15) is 17.5 Å². The van der Waals surface area contributed by atoms with Gasteiger partial charge in [0.25, 0.3) is 0 Å². The van der Waals surface area contributed by atoms with Gasteiger partial charge in [-0.25, -0.2) is 4.79 Å². The van der Waals surface area contributed by atoms with Gasteiger partial charge < -0.3 is 21.3 Å². The van der Waals surface area contributed by atoms with E-state index in [1.165, 1.54) is 0 Å². The molecule has 7 heteroatoms. The minimum Gasteiger partial charge on any atom is -0.355 e. The highest BCUT2D eigenvalue weighted by Gasteiger charge is 2.22. The standard InChI is InChI=1S/C19H21ClN4O2/c20-15-5-1-13(2-6-15)12-23-19(26)24-16-7-3-14(4-8-16)11-22-17-9-10-21-18(17)25/h1-8,17,22H,9-12H2,(H,21,25)(H2,23,24,26)/t17-/m1/s1. The molecule has 4 N–H and O–H groups in total. The van der Waals surface area contributed by atoms with Crippen LogP contribution in [0, 0.1) is 0 Å². The lowest BCUT2D eigenvalue weighted by Gasteiger charge is -2.11. The molecule has 0 aromatic heterocycles. The van der Waals surface area contributed by atoms with E-state index in [-0.39, 0.29) is 18.0 Å². The number of anilines is 1. The number of carbonyl (C=O) groups excluding carboxylic acids is 2. The molecule has 1 saturated heterocycles. The Morgan fingerprint density at radius 3 is 2.35 bits per heavy atom. The van der Waals surface area contributed by atoms with E-state index in [4.69, 9.17) is 11.6 Å². The van der Waals surface area contributed by atoms with Crippen molar-refractivity contribution in [2.24, 2.45) is 0 Å². The molecule has 1 fully saturated rings. The second-order valence-electron chi connectivity index (χ2n) is 6.14. The van der Waals surface area contributed by atoms with Gasteiger partial charge in [0, 0.05) is 30.3 Å². The minimum absolute atomic E-state index is 0.0562. The van der Waals surface area contributed by atoms with Crippen molar-refractivity contribution in [2.75, 3.05) is 11.9 Å². The second kappa shape index (κ2) is 8.69. The molecule has 3 amide bonds. The Hall–Kier alpha value is -2.57. The molecule has 26 heavy (non-hydrogen) atoms. The molecule has 2 aromatic rings. The summed E-state index contributed by atoms with van der Waals surface area (Å²) in [6.45, 7) is 1.76. The van der Waals surface area contributed by atoms with Gasteiger partial charge in [0.1, 0.15) is 0 Å². The summed E-state index contributed by atoms with van der Waals surface area (Å²) < 4.78 is 0. The largest absolute Gasteiger partial charge is 0.355 e. The molecule has 0 unspecified atom stereocenters. The molecular formula is C19H21ClN4O2. The van der Waals surface area contributed by atoms with Crippen LogP contribution in [0.15, 0.2) is 48.5 Å². The molecule has 0 saturated carbocycles. The second-order valence-corrected chi connectivity index (χ2v) is 6.58. The molecule has 0 aliphatic carbocycles. The van der Waals surface area contributed by atoms with Crippen LogP contribution in [0.4, 0.5) is 10.5 Å². The first-order valence-electron chi connectivity index (χ1n) is 8.49. The Morgan fingerprint density at radius 1 is 1.04 bits per heavy atom. The fourth-order valence-corrected chi connectivity index (χ4v) is 2.82. The van der Waals surface area contributed by atoms with Gasteiger partial charge in [-0.15, -0.1) is 0 Å². The summed E-state index contributed by atoms with van der Waals surface area (Å²) in [5, 5.41) is 12.3. The number of urea groups is 1. The molecular weight excluding hydrogens is 352 g/mol. The van der Waals surface area contributed by atoms with Crippen molar-refractivity contribution in [3.05, 3.63) is 64.7 Å². The fourth-order valence-electron chi connectivity index (χ4n) is 2.70. The van der Waals surface area contributed by atoms with E-state index in [1.807, 2.05) is 36.4 Å². The quantitative estimate of drug-likeness (QED) is 0.629. The monoisotopic (exact) mass is 372 g/mol. The Labute approximate surface area is 157 Å². The zero-order valence-electron chi connectivity index (χ0n) is 14.2. The predicted molar refractivity (Wildman–Crippen MR) is 102 cm³/mol. The van der Waals surface area contributed by atoms with Gasteiger partial charge in [-0.1, -0.05) is 35.9 Å². The van der Waals surface area contributed by atoms with E-state index < -0.39 is 0 Å². The van der Waals surface area contributed by atoms with Gasteiger partial charge >= 0.3 is 6.03 Å². The summed E-state index contributed by atoms with van der Waals surface area (Å²) in [5.41, 5.74) is 2.74. The van der Waals surface area contributed by atoms with Crippen LogP contribution in [0.5, 0.6) is 0 Å². The summed E-state index contributed by atoms with van der Waals surface area (Å²) in [6.07, 6.45) is 0.812. The third-order valence-electron chi connectivity index (χ3n) is 4.18. The molecule has 2 aromatic carbocycles. The molecule has 0 bridgehead atoms. The van der Waals surface area contributed by atoms with Crippen LogP contribution in [0.25, 0.3) is 0 Å². The Bertz CT molecular complexity index is 762. The van der Waals surface area contributed by atoms with E-state index in [0.29, 0.717) is 23.8 Å². The van der Waals surface area contributed by atoms with Crippen molar-refractivity contribution in [3.63, 3.8) is 0 Å². The van der Waals surface area contributed by atoms with Crippen LogP contribution in [0.2, 0.25) is 5.02 Å². The average molecular weight is 373 g/mol. The lowest BCUT2D eigenvalue weighted by atomic mass is 10.2. The van der Waals surface area contributed by atoms with Crippen molar-refractivity contribution < 1.29 is 9.59 Å². The number of hydrogen-bond donors (Lipinski definition) is 4. The number of rotatable bonds is 6. The minimum atomic E-state index is -0.270. The number of nitrogens with one attached hydrogen (secondary N) is 4. The van der Waals surface area contributed by atoms with E-state index in [2.05, 4.69) is 21.3 Å². The number of hydrogen-bond acceptors (Lipinski definition) is 3. The van der Waals surface area contributed by atoms with Crippen molar-refractivity contribution >= 4 is 29.2 Å². The average Bonchev–Trinajstić information content (AvgIpc) is 3.06. The van der Waals surface area contributed by atoms with E-state index in [9.17, 15) is 9.59 Å². The van der Waals surface area contributed by atoms with Crippen LogP contribution < -0.4 is 21.3 Å². The highest BCUT2D eigenvalue weighted by Crippen LogP contribution is 2.11. The van der Waals surface area contributed by atoms with E-state index >= 15 is 0 Å². The van der Waals surface area contributed by atoms with Crippen molar-refractivity contribution in [1.82, 2.24) is 16.0 Å². The van der Waals surface area contributed by atoms with Gasteiger partial charge in [0.2, 0.25) is 5.91 Å². The number of carbonyl (C=O) groups is 2. The first-order chi connectivity index (χ1) is 12.6. The van der Waals surface area contributed by atoms with Gasteiger partial charge in [-0.3, -0.25) is 4.79 Å². The van der Waals surface area contributed by atoms with Gasteiger partial charge in [0.15, 0.2) is 0 Å². The molecule has 3 rings (SSSR count). The Balaban J connectivity index is 1.43. The zero-order valence-corrected chi connectivity index (χ0v) is 15.0. The third kappa shape index (κ3) is 5.21. The topological polar surface area (TPSA) is 82.3 Å². The molecule has 1 heterocycles. The lowest BCUT2D eigenvalue weighted by molar-refractivity contribution is -0.120. The molecule has 0 spiro atoms. The van der Waals surface area contributed by atoms with Crippen LogP contribution in [-0.4, -0.2) is 24.5 Å². The maximum absolute atomic E-state index is 12.0. The molecule has 0 radical (unpaired) electrons. The first-order valence-corrected chi connectivity index (χ1v) is 8.87. The Morgan fingerprint density at radius 2 is 1.69 bits per heavy atom. The molecule has 1 aliphatic rings. The van der Waals surface area contributed by atoms with E-state index in [1.54, 1.807) is 12.1 Å². The first kappa shape index (κ1) is 18.2. The molecule has 136 valence electrons. The number of benzene rings is 2. The third-order valence-corrected chi connectivity index (χ3v) is 4.43. The van der Waals surface area contributed by atoms with Gasteiger partial charge in [-0.05, 0) is 41.8 Å². The highest BCUT2D eigenvalue weighted by molar-refractivity contribution is 6.30. The Kier molecular flexibility index (Phi) is 6.09. The SMILES string of the molecule is O=C(NCc1ccc(Cl)cc1)Nc1ccc(CN[C@@H]2CCNC2=O)cc1. The maximum atomic E-state index is 12.0. The van der Waals surface area contributed by atoms with Crippen molar-refractivity contribution in [2.45, 2.75) is 25.6 Å². The fraction of sp³-hybridized carbons (Fsp3) is 0.263. The van der Waals surface area contributed by atoms with E-state index in [0.717, 1.165) is 24.1 Å². The molecule has 6 nitrogen and oxygen atoms in total. The molecule has 1 atom stereocenters. The summed E-state index contributed by atoms with van der Waals surface area (Å²) in [5.74, 6) is 0.0562. The summed E-state index contributed by atoms with van der Waals surface area (Å²) in [7, 11) is 0. The predicted octanol–water partition coefficient (Wildman–Crippen LogP) is 2.64. The van der Waals surface area contributed by atoms with Gasteiger partial charge in [0.05, 0.1) is 6.04 Å². The molecule has 1 aliphatic heterocycles. The van der Waals surface area contributed by atoms with Gasteiger partial charge in [-0.2, -0.15) is 0 Å². The van der Waals surface area contributed by atoms with Crippen LogP contribution >= 0.6 is 11.6 Å². The maximum Gasteiger partial charge on any atom is 0.319 e. The van der Waals surface area contributed by atoms with Crippen LogP contribution in [-0.2, 0) is 17.9 Å². The van der Waals surface area contributed by atoms with Crippen molar-refractivity contribution in [1.29, 1.82) is 0 Å². The highest BCUT2D eigenvalue weighted by atomic mass is 35.5. The summed E-state index contributed by atoms with van der Waals surface area (Å²) in [4.78, 5) is 23.5. The number of amides is 3. The smallest absolute Gasteiger partial charge is 0.319 e.